The molecule has 1 fully saturated rings. The van der Waals surface area contributed by atoms with E-state index in [-0.39, 0.29) is 0 Å². The maximum absolute atomic E-state index is 5.71. The lowest BCUT2D eigenvalue weighted by atomic mass is 9.96. The molecular weight excluding hydrogens is 164 g/mol. The molecule has 2 heteroatoms. The standard InChI is InChI=1S/C11H14O2/c1-12-10-6-3-7-11(8-10)13-9-4-2-5-9/h3,6-9H,2,4-5H2,1H3. The predicted molar refractivity (Wildman–Crippen MR) is 51.3 cm³/mol. The Bertz CT molecular complexity index is 279. The largest absolute Gasteiger partial charge is 0.497 e. The van der Waals surface area contributed by atoms with Crippen molar-refractivity contribution in [1.82, 2.24) is 0 Å². The molecule has 1 aliphatic carbocycles. The van der Waals surface area contributed by atoms with Crippen LogP contribution in [0, 0.1) is 0 Å². The van der Waals surface area contributed by atoms with Crippen LogP contribution in [0.4, 0.5) is 0 Å². The van der Waals surface area contributed by atoms with Crippen molar-refractivity contribution in [2.45, 2.75) is 25.4 Å². The molecule has 13 heavy (non-hydrogen) atoms. The molecule has 2 rings (SSSR count). The molecule has 70 valence electrons. The van der Waals surface area contributed by atoms with E-state index < -0.39 is 0 Å². The lowest BCUT2D eigenvalue weighted by Crippen LogP contribution is -2.24. The van der Waals surface area contributed by atoms with E-state index in [0.717, 1.165) is 11.5 Å². The Balaban J connectivity index is 2.01. The molecule has 0 bridgehead atoms. The topological polar surface area (TPSA) is 18.5 Å². The second kappa shape index (κ2) is 3.69. The Hall–Kier alpha value is -1.18. The Morgan fingerprint density at radius 2 is 2.00 bits per heavy atom. The van der Waals surface area contributed by atoms with Crippen LogP contribution in [0.15, 0.2) is 24.3 Å². The fraction of sp³-hybridized carbons (Fsp3) is 0.455. The van der Waals surface area contributed by atoms with Gasteiger partial charge in [-0.2, -0.15) is 0 Å². The summed E-state index contributed by atoms with van der Waals surface area (Å²) >= 11 is 0. The molecule has 1 aliphatic rings. The van der Waals surface area contributed by atoms with E-state index in [1.807, 2.05) is 24.3 Å². The lowest BCUT2D eigenvalue weighted by molar-refractivity contribution is 0.120. The molecule has 0 amide bonds. The molecule has 0 aromatic heterocycles. The zero-order valence-corrected chi connectivity index (χ0v) is 7.82. The maximum atomic E-state index is 5.71. The maximum Gasteiger partial charge on any atom is 0.123 e. The summed E-state index contributed by atoms with van der Waals surface area (Å²) in [7, 11) is 1.67. The summed E-state index contributed by atoms with van der Waals surface area (Å²) in [6, 6.07) is 7.78. The first-order chi connectivity index (χ1) is 6.38. The van der Waals surface area contributed by atoms with Crippen LogP contribution < -0.4 is 9.47 Å². The SMILES string of the molecule is COc1cccc(OC2CCC2)c1. The number of hydrogen-bond acceptors (Lipinski definition) is 2. The first-order valence-electron chi connectivity index (χ1n) is 4.69. The molecule has 0 spiro atoms. The average Bonchev–Trinajstić information content (AvgIpc) is 2.12. The van der Waals surface area contributed by atoms with Gasteiger partial charge in [0.2, 0.25) is 0 Å². The second-order valence-electron chi connectivity index (χ2n) is 3.35. The molecule has 1 aromatic carbocycles. The number of benzene rings is 1. The first kappa shape index (κ1) is 8.42. The van der Waals surface area contributed by atoms with E-state index in [2.05, 4.69) is 0 Å². The van der Waals surface area contributed by atoms with Crippen LogP contribution in [0.2, 0.25) is 0 Å². The highest BCUT2D eigenvalue weighted by Crippen LogP contribution is 2.26. The van der Waals surface area contributed by atoms with Crippen molar-refractivity contribution in [1.29, 1.82) is 0 Å². The van der Waals surface area contributed by atoms with Crippen LogP contribution in [-0.2, 0) is 0 Å². The number of hydrogen-bond donors (Lipinski definition) is 0. The molecule has 1 aromatic rings. The minimum atomic E-state index is 0.437. The summed E-state index contributed by atoms with van der Waals surface area (Å²) in [5.74, 6) is 1.78. The summed E-state index contributed by atoms with van der Waals surface area (Å²) in [5, 5.41) is 0. The summed E-state index contributed by atoms with van der Waals surface area (Å²) in [4.78, 5) is 0. The molecule has 1 saturated carbocycles. The number of ether oxygens (including phenoxy) is 2. The zero-order chi connectivity index (χ0) is 9.10. The fourth-order valence-electron chi connectivity index (χ4n) is 1.36. The van der Waals surface area contributed by atoms with Gasteiger partial charge in [0.05, 0.1) is 13.2 Å². The summed E-state index contributed by atoms with van der Waals surface area (Å²) in [6.45, 7) is 0. The van der Waals surface area contributed by atoms with Crippen LogP contribution >= 0.6 is 0 Å². The molecular formula is C11H14O2. The van der Waals surface area contributed by atoms with Gasteiger partial charge < -0.3 is 9.47 Å². The van der Waals surface area contributed by atoms with Crippen molar-refractivity contribution in [3.63, 3.8) is 0 Å². The van der Waals surface area contributed by atoms with Crippen molar-refractivity contribution in [2.24, 2.45) is 0 Å². The van der Waals surface area contributed by atoms with Crippen LogP contribution in [-0.4, -0.2) is 13.2 Å². The van der Waals surface area contributed by atoms with Gasteiger partial charge in [-0.1, -0.05) is 6.07 Å². The van der Waals surface area contributed by atoms with Crippen molar-refractivity contribution in [3.05, 3.63) is 24.3 Å². The van der Waals surface area contributed by atoms with Gasteiger partial charge in [-0.3, -0.25) is 0 Å². The third kappa shape index (κ3) is 1.94. The van der Waals surface area contributed by atoms with Crippen molar-refractivity contribution in [3.8, 4) is 11.5 Å². The van der Waals surface area contributed by atoms with E-state index in [0.29, 0.717) is 6.10 Å². The Morgan fingerprint density at radius 3 is 2.62 bits per heavy atom. The fourth-order valence-corrected chi connectivity index (χ4v) is 1.36. The molecule has 0 radical (unpaired) electrons. The monoisotopic (exact) mass is 178 g/mol. The van der Waals surface area contributed by atoms with E-state index >= 15 is 0 Å². The number of rotatable bonds is 3. The number of methoxy groups -OCH3 is 1. The van der Waals surface area contributed by atoms with Gasteiger partial charge in [0.1, 0.15) is 11.5 Å². The van der Waals surface area contributed by atoms with Gasteiger partial charge in [-0.15, -0.1) is 0 Å². The lowest BCUT2D eigenvalue weighted by Gasteiger charge is -2.26. The molecule has 0 N–H and O–H groups in total. The van der Waals surface area contributed by atoms with Gasteiger partial charge in [0.15, 0.2) is 0 Å². The van der Waals surface area contributed by atoms with Gasteiger partial charge in [0, 0.05) is 6.07 Å². The van der Waals surface area contributed by atoms with E-state index in [4.69, 9.17) is 9.47 Å². The van der Waals surface area contributed by atoms with E-state index in [1.54, 1.807) is 7.11 Å². The van der Waals surface area contributed by atoms with Crippen LogP contribution in [0.3, 0.4) is 0 Å². The minimum absolute atomic E-state index is 0.437. The Kier molecular flexibility index (Phi) is 2.39. The third-order valence-electron chi connectivity index (χ3n) is 2.40. The zero-order valence-electron chi connectivity index (χ0n) is 7.82. The Labute approximate surface area is 78.5 Å². The molecule has 0 aliphatic heterocycles. The highest BCUT2D eigenvalue weighted by molar-refractivity contribution is 5.33. The van der Waals surface area contributed by atoms with Gasteiger partial charge in [0.25, 0.3) is 0 Å². The molecule has 2 nitrogen and oxygen atoms in total. The van der Waals surface area contributed by atoms with Gasteiger partial charge >= 0.3 is 0 Å². The normalized spacial score (nSPS) is 16.4. The van der Waals surface area contributed by atoms with Crippen molar-refractivity contribution >= 4 is 0 Å². The average molecular weight is 178 g/mol. The first-order valence-corrected chi connectivity index (χ1v) is 4.69. The smallest absolute Gasteiger partial charge is 0.123 e. The van der Waals surface area contributed by atoms with Gasteiger partial charge in [-0.05, 0) is 31.4 Å². The minimum Gasteiger partial charge on any atom is -0.497 e. The predicted octanol–water partition coefficient (Wildman–Crippen LogP) is 2.63. The van der Waals surface area contributed by atoms with E-state index in [1.165, 1.54) is 19.3 Å². The van der Waals surface area contributed by atoms with Gasteiger partial charge in [-0.25, -0.2) is 0 Å². The summed E-state index contributed by atoms with van der Waals surface area (Å²) in [5.41, 5.74) is 0. The van der Waals surface area contributed by atoms with Crippen molar-refractivity contribution < 1.29 is 9.47 Å². The third-order valence-corrected chi connectivity index (χ3v) is 2.40. The van der Waals surface area contributed by atoms with E-state index in [9.17, 15) is 0 Å². The van der Waals surface area contributed by atoms with Crippen LogP contribution in [0.1, 0.15) is 19.3 Å². The molecule has 0 unspecified atom stereocenters. The van der Waals surface area contributed by atoms with Crippen LogP contribution in [0.5, 0.6) is 11.5 Å². The quantitative estimate of drug-likeness (QED) is 0.708. The second-order valence-corrected chi connectivity index (χ2v) is 3.35. The highest BCUT2D eigenvalue weighted by atomic mass is 16.5. The Morgan fingerprint density at radius 1 is 1.23 bits per heavy atom. The summed E-state index contributed by atoms with van der Waals surface area (Å²) < 4.78 is 10.8. The molecule has 0 saturated heterocycles. The molecule has 0 atom stereocenters. The summed E-state index contributed by atoms with van der Waals surface area (Å²) in [6.07, 6.45) is 4.12. The molecule has 0 heterocycles. The highest BCUT2D eigenvalue weighted by Gasteiger charge is 2.18. The van der Waals surface area contributed by atoms with Crippen molar-refractivity contribution in [2.75, 3.05) is 7.11 Å². The van der Waals surface area contributed by atoms with Crippen LogP contribution in [0.25, 0.3) is 0 Å².